The molecule has 0 radical (unpaired) electrons. The lowest BCUT2D eigenvalue weighted by Crippen LogP contribution is -2.37. The van der Waals surface area contributed by atoms with Crippen molar-refractivity contribution in [2.45, 2.75) is 13.0 Å². The zero-order valence-electron chi connectivity index (χ0n) is 14.0. The van der Waals surface area contributed by atoms with Gasteiger partial charge in [0.1, 0.15) is 18.2 Å². The molecule has 1 unspecified atom stereocenters. The first-order valence-electron chi connectivity index (χ1n) is 8.47. The Morgan fingerprint density at radius 2 is 2.04 bits per heavy atom. The Labute approximate surface area is 150 Å². The summed E-state index contributed by atoms with van der Waals surface area (Å²) in [6, 6.07) is 13.9. The second kappa shape index (κ2) is 7.00. The van der Waals surface area contributed by atoms with E-state index in [0.29, 0.717) is 19.6 Å². The number of aromatic nitrogens is 2. The third-order valence-electron chi connectivity index (χ3n) is 4.55. The van der Waals surface area contributed by atoms with Gasteiger partial charge >= 0.3 is 0 Å². The van der Waals surface area contributed by atoms with Crippen LogP contribution in [0, 0.1) is 11.7 Å². The van der Waals surface area contributed by atoms with E-state index >= 15 is 0 Å². The Morgan fingerprint density at radius 3 is 2.88 bits per heavy atom. The van der Waals surface area contributed by atoms with E-state index in [2.05, 4.69) is 15.5 Å². The molecule has 1 aliphatic heterocycles. The number of para-hydroxylation sites is 1. The predicted octanol–water partition coefficient (Wildman–Crippen LogP) is 3.08. The first kappa shape index (κ1) is 16.3. The van der Waals surface area contributed by atoms with E-state index in [1.807, 2.05) is 24.3 Å². The lowest BCUT2D eigenvalue weighted by Gasteiger charge is -2.24. The number of aromatic amines is 1. The maximum Gasteiger partial charge on any atom is 0.227 e. The van der Waals surface area contributed by atoms with Gasteiger partial charge in [-0.15, -0.1) is 0 Å². The summed E-state index contributed by atoms with van der Waals surface area (Å²) in [5.74, 6) is 0.294. The van der Waals surface area contributed by atoms with Crippen molar-refractivity contribution in [3.63, 3.8) is 0 Å². The number of carbonyl (C=O) groups is 1. The fourth-order valence-corrected chi connectivity index (χ4v) is 3.13. The molecule has 0 aliphatic carbocycles. The maximum atomic E-state index is 13.1. The summed E-state index contributed by atoms with van der Waals surface area (Å²) in [6.45, 7) is 0.721. The number of carbonyl (C=O) groups excluding carboxylic acids is 1. The standard InChI is InChI=1S/C20H18FN3O2/c21-17-7-5-13(6-8-17)19-16(11-23-24-19)10-22-20(25)15-9-14-3-1-2-4-18(14)26-12-15/h1-8,11,15H,9-10,12H2,(H,22,25)(H,23,24). The van der Waals surface area contributed by atoms with E-state index in [1.165, 1.54) is 12.1 Å². The minimum atomic E-state index is -0.291. The molecule has 132 valence electrons. The highest BCUT2D eigenvalue weighted by atomic mass is 19.1. The number of hydrogen-bond acceptors (Lipinski definition) is 3. The Kier molecular flexibility index (Phi) is 4.39. The fourth-order valence-electron chi connectivity index (χ4n) is 3.13. The van der Waals surface area contributed by atoms with Crippen molar-refractivity contribution in [3.8, 4) is 17.0 Å². The lowest BCUT2D eigenvalue weighted by molar-refractivity contribution is -0.126. The monoisotopic (exact) mass is 351 g/mol. The van der Waals surface area contributed by atoms with Gasteiger partial charge in [0.2, 0.25) is 5.91 Å². The van der Waals surface area contributed by atoms with E-state index < -0.39 is 0 Å². The highest BCUT2D eigenvalue weighted by molar-refractivity contribution is 5.80. The second-order valence-electron chi connectivity index (χ2n) is 6.31. The summed E-state index contributed by atoms with van der Waals surface area (Å²) < 4.78 is 18.8. The van der Waals surface area contributed by atoms with E-state index in [9.17, 15) is 9.18 Å². The van der Waals surface area contributed by atoms with Crippen LogP contribution in [-0.2, 0) is 17.8 Å². The van der Waals surface area contributed by atoms with Crippen LogP contribution in [0.4, 0.5) is 4.39 Å². The predicted molar refractivity (Wildman–Crippen MR) is 95.0 cm³/mol. The number of rotatable bonds is 4. The molecule has 2 heterocycles. The topological polar surface area (TPSA) is 67.0 Å². The van der Waals surface area contributed by atoms with Crippen molar-refractivity contribution >= 4 is 5.91 Å². The first-order chi connectivity index (χ1) is 12.7. The molecule has 2 N–H and O–H groups in total. The summed E-state index contributed by atoms with van der Waals surface area (Å²) in [6.07, 6.45) is 2.34. The van der Waals surface area contributed by atoms with Gasteiger partial charge in [0, 0.05) is 17.7 Å². The van der Waals surface area contributed by atoms with E-state index in [1.54, 1.807) is 18.3 Å². The highest BCUT2D eigenvalue weighted by Gasteiger charge is 2.25. The molecule has 0 saturated heterocycles. The van der Waals surface area contributed by atoms with Crippen molar-refractivity contribution in [2.24, 2.45) is 5.92 Å². The first-order valence-corrected chi connectivity index (χ1v) is 8.47. The number of halogens is 1. The van der Waals surface area contributed by atoms with Gasteiger partial charge in [0.05, 0.1) is 17.8 Å². The molecule has 4 rings (SSSR count). The van der Waals surface area contributed by atoms with E-state index in [-0.39, 0.29) is 17.6 Å². The van der Waals surface area contributed by atoms with Gasteiger partial charge in [-0.25, -0.2) is 4.39 Å². The average Bonchev–Trinajstić information content (AvgIpc) is 3.15. The van der Waals surface area contributed by atoms with Gasteiger partial charge < -0.3 is 10.1 Å². The molecule has 1 amide bonds. The minimum absolute atomic E-state index is 0.0502. The lowest BCUT2D eigenvalue weighted by atomic mass is 9.96. The highest BCUT2D eigenvalue weighted by Crippen LogP contribution is 2.27. The van der Waals surface area contributed by atoms with Crippen LogP contribution in [0.2, 0.25) is 0 Å². The second-order valence-corrected chi connectivity index (χ2v) is 6.31. The summed E-state index contributed by atoms with van der Waals surface area (Å²) in [5, 5.41) is 9.91. The number of nitrogens with zero attached hydrogens (tertiary/aromatic N) is 1. The molecular weight excluding hydrogens is 333 g/mol. The van der Waals surface area contributed by atoms with Crippen molar-refractivity contribution in [1.82, 2.24) is 15.5 Å². The summed E-state index contributed by atoms with van der Waals surface area (Å²) in [7, 11) is 0. The molecule has 0 fully saturated rings. The largest absolute Gasteiger partial charge is 0.492 e. The number of benzene rings is 2. The molecule has 2 aromatic carbocycles. The van der Waals surface area contributed by atoms with Crippen LogP contribution >= 0.6 is 0 Å². The van der Waals surface area contributed by atoms with Crippen molar-refractivity contribution in [3.05, 3.63) is 71.7 Å². The third kappa shape index (κ3) is 3.31. The number of ether oxygens (including phenoxy) is 1. The molecule has 3 aromatic rings. The number of nitrogens with one attached hydrogen (secondary N) is 2. The van der Waals surface area contributed by atoms with Crippen molar-refractivity contribution in [1.29, 1.82) is 0 Å². The number of fused-ring (bicyclic) bond motifs is 1. The molecule has 1 atom stereocenters. The Hall–Kier alpha value is -3.15. The molecule has 0 saturated carbocycles. The Morgan fingerprint density at radius 1 is 1.23 bits per heavy atom. The van der Waals surface area contributed by atoms with Crippen LogP contribution in [0.5, 0.6) is 5.75 Å². The van der Waals surface area contributed by atoms with Gasteiger partial charge in [0.15, 0.2) is 0 Å². The maximum absolute atomic E-state index is 13.1. The molecule has 6 heteroatoms. The van der Waals surface area contributed by atoms with Crippen LogP contribution in [0.25, 0.3) is 11.3 Å². The fraction of sp³-hybridized carbons (Fsp3) is 0.200. The van der Waals surface area contributed by atoms with Gasteiger partial charge in [-0.2, -0.15) is 5.10 Å². The number of H-pyrrole nitrogens is 1. The van der Waals surface area contributed by atoms with Gasteiger partial charge in [-0.05, 0) is 42.3 Å². The average molecular weight is 351 g/mol. The summed E-state index contributed by atoms with van der Waals surface area (Å²) >= 11 is 0. The number of amides is 1. The molecule has 1 aliphatic rings. The molecule has 26 heavy (non-hydrogen) atoms. The van der Waals surface area contributed by atoms with Crippen molar-refractivity contribution in [2.75, 3.05) is 6.61 Å². The smallest absolute Gasteiger partial charge is 0.227 e. The Balaban J connectivity index is 1.41. The van der Waals surface area contributed by atoms with Crippen LogP contribution in [0.3, 0.4) is 0 Å². The number of hydrogen-bond donors (Lipinski definition) is 2. The zero-order chi connectivity index (χ0) is 17.9. The van der Waals surface area contributed by atoms with Crippen LogP contribution in [0.15, 0.2) is 54.7 Å². The molecule has 0 spiro atoms. The molecule has 1 aromatic heterocycles. The van der Waals surface area contributed by atoms with Crippen molar-refractivity contribution < 1.29 is 13.9 Å². The quantitative estimate of drug-likeness (QED) is 0.759. The van der Waals surface area contributed by atoms with Gasteiger partial charge in [-0.3, -0.25) is 9.89 Å². The molecular formula is C20H18FN3O2. The zero-order valence-corrected chi connectivity index (χ0v) is 14.0. The summed E-state index contributed by atoms with van der Waals surface area (Å²) in [5.41, 5.74) is 3.50. The van der Waals surface area contributed by atoms with E-state index in [4.69, 9.17) is 4.74 Å². The van der Waals surface area contributed by atoms with Crippen LogP contribution < -0.4 is 10.1 Å². The molecule has 5 nitrogen and oxygen atoms in total. The van der Waals surface area contributed by atoms with Gasteiger partial charge in [0.25, 0.3) is 0 Å². The molecule has 0 bridgehead atoms. The van der Waals surface area contributed by atoms with Crippen LogP contribution in [-0.4, -0.2) is 22.7 Å². The normalized spacial score (nSPS) is 15.8. The minimum Gasteiger partial charge on any atom is -0.492 e. The SMILES string of the molecule is O=C(NCc1cn[nH]c1-c1ccc(F)cc1)C1COc2ccccc2C1. The third-order valence-corrected chi connectivity index (χ3v) is 4.55. The van der Waals surface area contributed by atoms with Gasteiger partial charge in [-0.1, -0.05) is 18.2 Å². The Bertz CT molecular complexity index is 921. The van der Waals surface area contributed by atoms with Crippen LogP contribution in [0.1, 0.15) is 11.1 Å². The van der Waals surface area contributed by atoms with E-state index in [0.717, 1.165) is 28.1 Å². The summed E-state index contributed by atoms with van der Waals surface area (Å²) in [4.78, 5) is 12.5.